The summed E-state index contributed by atoms with van der Waals surface area (Å²) in [6.07, 6.45) is 0. The summed E-state index contributed by atoms with van der Waals surface area (Å²) in [5.74, 6) is 2.18. The fourth-order valence-corrected chi connectivity index (χ4v) is 1.88. The second-order valence-corrected chi connectivity index (χ2v) is 3.92. The molecule has 1 aromatic rings. The van der Waals surface area contributed by atoms with E-state index in [4.69, 9.17) is 19.9 Å². The lowest BCUT2D eigenvalue weighted by molar-refractivity contribution is 0.169. The van der Waals surface area contributed by atoms with Crippen LogP contribution >= 0.6 is 15.9 Å². The maximum Gasteiger partial charge on any atom is 0.175 e. The van der Waals surface area contributed by atoms with Gasteiger partial charge in [0.2, 0.25) is 0 Å². The van der Waals surface area contributed by atoms with E-state index in [1.54, 1.807) is 0 Å². The van der Waals surface area contributed by atoms with E-state index in [1.165, 1.54) is 0 Å². The topological polar surface area (TPSA) is 53.7 Å². The van der Waals surface area contributed by atoms with E-state index in [0.29, 0.717) is 32.1 Å². The lowest BCUT2D eigenvalue weighted by atomic mass is 10.3. The molecule has 1 aliphatic heterocycles. The van der Waals surface area contributed by atoms with E-state index in [9.17, 15) is 0 Å². The van der Waals surface area contributed by atoms with Gasteiger partial charge >= 0.3 is 0 Å². The lowest BCUT2D eigenvalue weighted by Gasteiger charge is -2.20. The molecule has 0 aromatic heterocycles. The highest BCUT2D eigenvalue weighted by molar-refractivity contribution is 9.10. The van der Waals surface area contributed by atoms with Crippen LogP contribution in [0.25, 0.3) is 0 Å². The molecule has 0 spiro atoms. The zero-order chi connectivity index (χ0) is 10.7. The van der Waals surface area contributed by atoms with Gasteiger partial charge in [-0.1, -0.05) is 0 Å². The van der Waals surface area contributed by atoms with Crippen molar-refractivity contribution in [3.8, 4) is 17.2 Å². The maximum atomic E-state index is 5.46. The largest absolute Gasteiger partial charge is 0.492 e. The number of rotatable bonds is 3. The van der Waals surface area contributed by atoms with Gasteiger partial charge in [0.1, 0.15) is 25.6 Å². The Hall–Kier alpha value is -0.940. The van der Waals surface area contributed by atoms with Crippen molar-refractivity contribution in [2.45, 2.75) is 0 Å². The molecule has 1 aromatic carbocycles. The van der Waals surface area contributed by atoms with Crippen LogP contribution in [0.1, 0.15) is 0 Å². The summed E-state index contributed by atoms with van der Waals surface area (Å²) < 4.78 is 17.2. The minimum atomic E-state index is 0.492. The highest BCUT2D eigenvalue weighted by atomic mass is 79.9. The Kier molecular flexibility index (Phi) is 3.33. The Balaban J connectivity index is 2.24. The molecule has 1 aliphatic rings. The average molecular weight is 274 g/mol. The van der Waals surface area contributed by atoms with Crippen LogP contribution in [0.3, 0.4) is 0 Å². The Morgan fingerprint density at radius 2 is 2.13 bits per heavy atom. The van der Waals surface area contributed by atoms with Gasteiger partial charge in [0.25, 0.3) is 0 Å². The predicted molar refractivity (Wildman–Crippen MR) is 59.7 cm³/mol. The zero-order valence-corrected chi connectivity index (χ0v) is 9.75. The van der Waals surface area contributed by atoms with Gasteiger partial charge in [-0.15, -0.1) is 0 Å². The fraction of sp³-hybridized carbons (Fsp3) is 0.400. The molecular formula is C10H12BrNO3. The summed E-state index contributed by atoms with van der Waals surface area (Å²) >= 11 is 3.41. The van der Waals surface area contributed by atoms with Crippen molar-refractivity contribution in [1.82, 2.24) is 0 Å². The molecule has 15 heavy (non-hydrogen) atoms. The number of hydrogen-bond donors (Lipinski definition) is 1. The van der Waals surface area contributed by atoms with E-state index in [0.717, 1.165) is 16.0 Å². The molecule has 0 unspecified atom stereocenters. The standard InChI is InChI=1S/C10H12BrNO3/c11-8-5-7(13-2-1-12)6-9-10(8)15-4-3-14-9/h5-6H,1-4,12H2. The van der Waals surface area contributed by atoms with Crippen LogP contribution in [0.4, 0.5) is 0 Å². The Morgan fingerprint density at radius 3 is 2.93 bits per heavy atom. The number of ether oxygens (including phenoxy) is 3. The van der Waals surface area contributed by atoms with Crippen molar-refractivity contribution in [3.63, 3.8) is 0 Å². The van der Waals surface area contributed by atoms with Crippen LogP contribution < -0.4 is 19.9 Å². The van der Waals surface area contributed by atoms with E-state index in [2.05, 4.69) is 15.9 Å². The first kappa shape index (κ1) is 10.6. The summed E-state index contributed by atoms with van der Waals surface area (Å²) in [7, 11) is 0. The van der Waals surface area contributed by atoms with Crippen molar-refractivity contribution in [2.24, 2.45) is 5.73 Å². The van der Waals surface area contributed by atoms with Gasteiger partial charge in [-0.3, -0.25) is 0 Å². The molecule has 0 amide bonds. The van der Waals surface area contributed by atoms with Gasteiger partial charge in [0, 0.05) is 12.6 Å². The van der Waals surface area contributed by atoms with Crippen LogP contribution in [-0.2, 0) is 0 Å². The SMILES string of the molecule is NCCOc1cc(Br)c2c(c1)OCCO2. The molecule has 0 aliphatic carbocycles. The second-order valence-electron chi connectivity index (χ2n) is 3.07. The summed E-state index contributed by atoms with van der Waals surface area (Å²) in [5, 5.41) is 0. The second kappa shape index (κ2) is 4.72. The van der Waals surface area contributed by atoms with Crippen LogP contribution in [0.2, 0.25) is 0 Å². The average Bonchev–Trinajstić information content (AvgIpc) is 2.26. The Labute approximate surface area is 96.4 Å². The fourth-order valence-electron chi connectivity index (χ4n) is 1.35. The van der Waals surface area contributed by atoms with Gasteiger partial charge in [0.15, 0.2) is 11.5 Å². The molecule has 1 heterocycles. The van der Waals surface area contributed by atoms with E-state index < -0.39 is 0 Å². The van der Waals surface area contributed by atoms with Crippen molar-refractivity contribution in [3.05, 3.63) is 16.6 Å². The van der Waals surface area contributed by atoms with Crippen molar-refractivity contribution >= 4 is 15.9 Å². The van der Waals surface area contributed by atoms with Crippen molar-refractivity contribution in [1.29, 1.82) is 0 Å². The predicted octanol–water partition coefficient (Wildman–Crippen LogP) is 1.56. The molecule has 0 fully saturated rings. The van der Waals surface area contributed by atoms with Crippen LogP contribution in [0, 0.1) is 0 Å². The van der Waals surface area contributed by atoms with Gasteiger partial charge < -0.3 is 19.9 Å². The van der Waals surface area contributed by atoms with Crippen LogP contribution in [0.5, 0.6) is 17.2 Å². The number of hydrogen-bond acceptors (Lipinski definition) is 4. The number of benzene rings is 1. The first-order valence-corrected chi connectivity index (χ1v) is 5.52. The minimum absolute atomic E-state index is 0.492. The number of nitrogens with two attached hydrogens (primary N) is 1. The summed E-state index contributed by atoms with van der Waals surface area (Å²) in [6, 6.07) is 3.66. The van der Waals surface area contributed by atoms with Crippen molar-refractivity contribution < 1.29 is 14.2 Å². The quantitative estimate of drug-likeness (QED) is 0.908. The third-order valence-electron chi connectivity index (χ3n) is 1.96. The molecular weight excluding hydrogens is 262 g/mol. The first-order chi connectivity index (χ1) is 7.31. The van der Waals surface area contributed by atoms with Gasteiger partial charge in [-0.2, -0.15) is 0 Å². The number of halogens is 1. The van der Waals surface area contributed by atoms with Gasteiger partial charge in [-0.25, -0.2) is 0 Å². The molecule has 0 radical (unpaired) electrons. The van der Waals surface area contributed by atoms with Crippen LogP contribution in [0.15, 0.2) is 16.6 Å². The molecule has 0 bridgehead atoms. The van der Waals surface area contributed by atoms with Crippen molar-refractivity contribution in [2.75, 3.05) is 26.4 Å². The highest BCUT2D eigenvalue weighted by Gasteiger charge is 2.16. The third kappa shape index (κ3) is 2.35. The third-order valence-corrected chi connectivity index (χ3v) is 2.55. The molecule has 2 rings (SSSR count). The molecule has 4 nitrogen and oxygen atoms in total. The first-order valence-electron chi connectivity index (χ1n) is 4.73. The van der Waals surface area contributed by atoms with Gasteiger partial charge in [0.05, 0.1) is 4.47 Å². The zero-order valence-electron chi connectivity index (χ0n) is 8.16. The molecule has 0 saturated heterocycles. The monoisotopic (exact) mass is 273 g/mol. The smallest absolute Gasteiger partial charge is 0.175 e. The van der Waals surface area contributed by atoms with Gasteiger partial charge in [-0.05, 0) is 22.0 Å². The summed E-state index contributed by atoms with van der Waals surface area (Å²) in [6.45, 7) is 2.13. The highest BCUT2D eigenvalue weighted by Crippen LogP contribution is 2.40. The molecule has 2 N–H and O–H groups in total. The Morgan fingerprint density at radius 1 is 1.33 bits per heavy atom. The molecule has 5 heteroatoms. The van der Waals surface area contributed by atoms with E-state index >= 15 is 0 Å². The van der Waals surface area contributed by atoms with E-state index in [1.807, 2.05) is 12.1 Å². The Bertz CT molecular complexity index is 357. The normalized spacial score (nSPS) is 13.7. The summed E-state index contributed by atoms with van der Waals surface area (Å²) in [4.78, 5) is 0. The molecule has 0 atom stereocenters. The maximum absolute atomic E-state index is 5.46. The lowest BCUT2D eigenvalue weighted by Crippen LogP contribution is -2.16. The molecule has 0 saturated carbocycles. The number of fused-ring (bicyclic) bond motifs is 1. The summed E-state index contributed by atoms with van der Waals surface area (Å²) in [5.41, 5.74) is 5.36. The molecule has 82 valence electrons. The van der Waals surface area contributed by atoms with Crippen LogP contribution in [-0.4, -0.2) is 26.4 Å². The van der Waals surface area contributed by atoms with E-state index in [-0.39, 0.29) is 0 Å². The minimum Gasteiger partial charge on any atom is -0.492 e.